The van der Waals surface area contributed by atoms with Crippen LogP contribution in [0.5, 0.6) is 0 Å². The molecule has 0 aliphatic carbocycles. The van der Waals surface area contributed by atoms with Gasteiger partial charge < -0.3 is 15.2 Å². The minimum Gasteiger partial charge on any atom is -0.467 e. The Hall–Kier alpha value is -0.920. The Bertz CT molecular complexity index is 509. The van der Waals surface area contributed by atoms with E-state index >= 15 is 0 Å². The smallest absolute Gasteiger partial charge is 0.338 e. The minimum absolute atomic E-state index is 0.0326. The molecule has 1 aromatic rings. The molecule has 1 unspecified atom stereocenters. The average Bonchev–Trinajstić information content (AvgIpc) is 2.71. The van der Waals surface area contributed by atoms with Crippen LogP contribution in [0.4, 0.5) is 0 Å². The number of esters is 2. The van der Waals surface area contributed by atoms with E-state index in [4.69, 9.17) is 10.5 Å². The van der Waals surface area contributed by atoms with Crippen LogP contribution < -0.4 is 5.73 Å². The molecule has 7 heteroatoms. The van der Waals surface area contributed by atoms with Gasteiger partial charge in [-0.25, -0.2) is 9.59 Å². The van der Waals surface area contributed by atoms with Gasteiger partial charge in [0.2, 0.25) is 5.54 Å². The normalized spacial score (nSPS) is 14.5. The highest BCUT2D eigenvalue weighted by atomic mass is 79.9. The molecule has 0 spiro atoms. The van der Waals surface area contributed by atoms with Gasteiger partial charge in [-0.05, 0) is 48.8 Å². The third-order valence-electron chi connectivity index (χ3n) is 2.39. The number of nitrogens with two attached hydrogens (primary N) is 1. The lowest BCUT2D eigenvalue weighted by Gasteiger charge is -2.28. The maximum atomic E-state index is 12.2. The lowest BCUT2D eigenvalue weighted by atomic mass is 9.95. The highest BCUT2D eigenvalue weighted by molar-refractivity contribution is 9.11. The molecule has 1 atom stereocenters. The molecule has 1 heterocycles. The number of ether oxygens (including phenoxy) is 2. The first-order chi connectivity index (χ1) is 9.08. The van der Waals surface area contributed by atoms with Gasteiger partial charge in [0.05, 0.1) is 10.9 Å². The van der Waals surface area contributed by atoms with Gasteiger partial charge >= 0.3 is 11.9 Å². The summed E-state index contributed by atoms with van der Waals surface area (Å²) in [5.41, 5.74) is 3.41. The number of rotatable bonds is 4. The Morgan fingerprint density at radius 3 is 2.30 bits per heavy atom. The molecule has 5 nitrogen and oxygen atoms in total. The first kappa shape index (κ1) is 17.1. The number of thiophene rings is 1. The Balaban J connectivity index is 3.03. The SMILES string of the molecule is COC(=O)C(N)(Cc1ccc(Br)s1)C(=O)OC(C)(C)C. The fourth-order valence-corrected chi connectivity index (χ4v) is 3.08. The topological polar surface area (TPSA) is 78.6 Å². The Kier molecular flexibility index (Phi) is 5.34. The van der Waals surface area contributed by atoms with Gasteiger partial charge in [0, 0.05) is 11.3 Å². The number of hydrogen-bond donors (Lipinski definition) is 1. The number of carbonyl (C=O) groups excluding carboxylic acids is 2. The molecule has 0 amide bonds. The molecule has 0 aliphatic rings. The summed E-state index contributed by atoms with van der Waals surface area (Å²) in [7, 11) is 1.19. The third kappa shape index (κ3) is 4.29. The predicted octanol–water partition coefficient (Wildman–Crippen LogP) is 2.27. The first-order valence-electron chi connectivity index (χ1n) is 5.93. The number of halogens is 1. The zero-order chi connectivity index (χ0) is 15.6. The molecule has 0 saturated heterocycles. The second-order valence-corrected chi connectivity index (χ2v) is 7.89. The van der Waals surface area contributed by atoms with E-state index in [9.17, 15) is 9.59 Å². The monoisotopic (exact) mass is 363 g/mol. The molecule has 0 aliphatic heterocycles. The van der Waals surface area contributed by atoms with Crippen LogP contribution in [0.3, 0.4) is 0 Å². The standard InChI is InChI=1S/C13H18BrNO4S/c1-12(2,3)19-11(17)13(15,10(16)18-4)7-8-5-6-9(14)20-8/h5-6H,7,15H2,1-4H3. The Morgan fingerprint density at radius 1 is 1.30 bits per heavy atom. The van der Waals surface area contributed by atoms with Crippen molar-refractivity contribution in [1.29, 1.82) is 0 Å². The molecule has 0 bridgehead atoms. The molecule has 2 N–H and O–H groups in total. The summed E-state index contributed by atoms with van der Waals surface area (Å²) in [6, 6.07) is 3.62. The summed E-state index contributed by atoms with van der Waals surface area (Å²) in [5, 5.41) is 0. The van der Waals surface area contributed by atoms with Gasteiger partial charge in [0.1, 0.15) is 5.60 Å². The fraction of sp³-hybridized carbons (Fsp3) is 0.538. The van der Waals surface area contributed by atoms with Crippen molar-refractivity contribution in [3.63, 3.8) is 0 Å². The number of methoxy groups -OCH3 is 1. The zero-order valence-electron chi connectivity index (χ0n) is 11.9. The summed E-state index contributed by atoms with van der Waals surface area (Å²) in [6.07, 6.45) is 0.0326. The predicted molar refractivity (Wildman–Crippen MR) is 80.5 cm³/mol. The van der Waals surface area contributed by atoms with Crippen LogP contribution in [-0.2, 0) is 25.5 Å². The summed E-state index contributed by atoms with van der Waals surface area (Å²) < 4.78 is 10.8. The lowest BCUT2D eigenvalue weighted by Crippen LogP contribution is -2.59. The van der Waals surface area contributed by atoms with Crippen molar-refractivity contribution in [2.75, 3.05) is 7.11 Å². The molecule has 0 saturated carbocycles. The summed E-state index contributed by atoms with van der Waals surface area (Å²) >= 11 is 4.72. The minimum atomic E-state index is -1.84. The highest BCUT2D eigenvalue weighted by Gasteiger charge is 2.46. The number of hydrogen-bond acceptors (Lipinski definition) is 6. The zero-order valence-corrected chi connectivity index (χ0v) is 14.3. The van der Waals surface area contributed by atoms with Crippen molar-refractivity contribution in [3.05, 3.63) is 20.8 Å². The molecule has 0 fully saturated rings. The van der Waals surface area contributed by atoms with Crippen molar-refractivity contribution < 1.29 is 19.1 Å². The van der Waals surface area contributed by atoms with E-state index in [1.54, 1.807) is 26.8 Å². The first-order valence-corrected chi connectivity index (χ1v) is 7.54. The van der Waals surface area contributed by atoms with Crippen LogP contribution in [0.2, 0.25) is 0 Å². The largest absolute Gasteiger partial charge is 0.467 e. The van der Waals surface area contributed by atoms with Gasteiger partial charge in [-0.2, -0.15) is 0 Å². The number of carbonyl (C=O) groups is 2. The van der Waals surface area contributed by atoms with Gasteiger partial charge in [0.25, 0.3) is 0 Å². The van der Waals surface area contributed by atoms with Crippen molar-refractivity contribution in [2.45, 2.75) is 38.3 Å². The van der Waals surface area contributed by atoms with E-state index in [0.717, 1.165) is 8.66 Å². The molecule has 1 aromatic heterocycles. The summed E-state index contributed by atoms with van der Waals surface area (Å²) in [5.74, 6) is -1.60. The van der Waals surface area contributed by atoms with E-state index in [2.05, 4.69) is 20.7 Å². The Morgan fingerprint density at radius 2 is 1.90 bits per heavy atom. The summed E-state index contributed by atoms with van der Waals surface area (Å²) in [6.45, 7) is 5.14. The van der Waals surface area contributed by atoms with Gasteiger partial charge in [-0.3, -0.25) is 0 Å². The van der Waals surface area contributed by atoms with Crippen LogP contribution in [0, 0.1) is 0 Å². The van der Waals surface area contributed by atoms with E-state index in [0.29, 0.717) is 0 Å². The van der Waals surface area contributed by atoms with E-state index in [1.165, 1.54) is 18.4 Å². The molecular formula is C13H18BrNO4S. The van der Waals surface area contributed by atoms with E-state index in [1.807, 2.05) is 6.07 Å². The van der Waals surface area contributed by atoms with Crippen LogP contribution in [-0.4, -0.2) is 30.2 Å². The molecule has 0 aromatic carbocycles. The second kappa shape index (κ2) is 6.24. The maximum absolute atomic E-state index is 12.2. The summed E-state index contributed by atoms with van der Waals surface area (Å²) in [4.78, 5) is 24.9. The quantitative estimate of drug-likeness (QED) is 0.655. The van der Waals surface area contributed by atoms with E-state index < -0.39 is 23.1 Å². The van der Waals surface area contributed by atoms with Crippen molar-refractivity contribution in [3.8, 4) is 0 Å². The molecule has 112 valence electrons. The van der Waals surface area contributed by atoms with Crippen LogP contribution in [0.1, 0.15) is 25.6 Å². The van der Waals surface area contributed by atoms with Gasteiger partial charge in [-0.15, -0.1) is 11.3 Å². The van der Waals surface area contributed by atoms with Gasteiger partial charge in [0.15, 0.2) is 0 Å². The van der Waals surface area contributed by atoms with Crippen LogP contribution in [0.15, 0.2) is 15.9 Å². The average molecular weight is 364 g/mol. The molecule has 0 radical (unpaired) electrons. The van der Waals surface area contributed by atoms with Gasteiger partial charge in [-0.1, -0.05) is 0 Å². The van der Waals surface area contributed by atoms with Crippen LogP contribution in [0.25, 0.3) is 0 Å². The third-order valence-corrected chi connectivity index (χ3v) is 4.02. The molecule has 1 rings (SSSR count). The molecule has 20 heavy (non-hydrogen) atoms. The fourth-order valence-electron chi connectivity index (χ4n) is 1.50. The molecular weight excluding hydrogens is 346 g/mol. The van der Waals surface area contributed by atoms with Crippen LogP contribution >= 0.6 is 27.3 Å². The second-order valence-electron chi connectivity index (χ2n) is 5.35. The van der Waals surface area contributed by atoms with E-state index in [-0.39, 0.29) is 6.42 Å². The highest BCUT2D eigenvalue weighted by Crippen LogP contribution is 2.26. The van der Waals surface area contributed by atoms with Crippen molar-refractivity contribution in [2.24, 2.45) is 5.73 Å². The Labute approximate surface area is 130 Å². The van der Waals surface area contributed by atoms with Crippen molar-refractivity contribution in [1.82, 2.24) is 0 Å². The maximum Gasteiger partial charge on any atom is 0.338 e. The van der Waals surface area contributed by atoms with Crippen molar-refractivity contribution >= 4 is 39.2 Å². The lowest BCUT2D eigenvalue weighted by molar-refractivity contribution is -0.170.